The van der Waals surface area contributed by atoms with Gasteiger partial charge < -0.3 is 9.64 Å². The van der Waals surface area contributed by atoms with Crippen LogP contribution in [0.1, 0.15) is 5.56 Å². The third-order valence-corrected chi connectivity index (χ3v) is 5.97. The van der Waals surface area contributed by atoms with E-state index < -0.39 is 0 Å². The van der Waals surface area contributed by atoms with E-state index in [0.29, 0.717) is 17.5 Å². The first kappa shape index (κ1) is 22.5. The van der Waals surface area contributed by atoms with Crippen LogP contribution in [0.3, 0.4) is 0 Å². The zero-order valence-corrected chi connectivity index (χ0v) is 19.1. The molecule has 0 unspecified atom stereocenters. The number of carbonyl (C=O) groups excluding carboxylic acids is 1. The van der Waals surface area contributed by atoms with Crippen molar-refractivity contribution >= 4 is 17.7 Å². The van der Waals surface area contributed by atoms with Crippen molar-refractivity contribution in [3.63, 3.8) is 0 Å². The second kappa shape index (κ2) is 10.3. The molecule has 0 fully saturated rings. The van der Waals surface area contributed by atoms with E-state index in [2.05, 4.69) is 10.2 Å². The summed E-state index contributed by atoms with van der Waals surface area (Å²) in [4.78, 5) is 14.4. The van der Waals surface area contributed by atoms with E-state index in [1.165, 1.54) is 23.9 Å². The monoisotopic (exact) mass is 462 g/mol. The highest BCUT2D eigenvalue weighted by Gasteiger charge is 2.19. The quantitative estimate of drug-likeness (QED) is 0.351. The predicted octanol–water partition coefficient (Wildman–Crippen LogP) is 4.83. The first-order valence-electron chi connectivity index (χ1n) is 10.3. The van der Waals surface area contributed by atoms with E-state index in [1.54, 1.807) is 31.2 Å². The summed E-state index contributed by atoms with van der Waals surface area (Å²) in [5.41, 5.74) is 2.62. The Kier molecular flexibility index (Phi) is 7.04. The van der Waals surface area contributed by atoms with E-state index in [0.717, 1.165) is 22.6 Å². The third-order valence-electron chi connectivity index (χ3n) is 5.06. The summed E-state index contributed by atoms with van der Waals surface area (Å²) in [6.07, 6.45) is 0. The van der Waals surface area contributed by atoms with Crippen LogP contribution in [-0.4, -0.2) is 45.5 Å². The molecule has 3 aromatic carbocycles. The molecule has 0 atom stereocenters. The zero-order valence-electron chi connectivity index (χ0n) is 18.3. The van der Waals surface area contributed by atoms with Gasteiger partial charge in [0.2, 0.25) is 5.91 Å². The van der Waals surface area contributed by atoms with Crippen LogP contribution in [0.25, 0.3) is 17.1 Å². The molecule has 0 saturated carbocycles. The molecule has 0 aliphatic carbocycles. The highest BCUT2D eigenvalue weighted by molar-refractivity contribution is 7.99. The fourth-order valence-electron chi connectivity index (χ4n) is 3.31. The van der Waals surface area contributed by atoms with Crippen LogP contribution in [0.15, 0.2) is 84.0 Å². The molecular formula is C25H23FN4O2S. The molecule has 1 heterocycles. The first-order valence-corrected chi connectivity index (χ1v) is 11.3. The molecule has 0 spiro atoms. The second-order valence-corrected chi connectivity index (χ2v) is 8.32. The lowest BCUT2D eigenvalue weighted by Gasteiger charge is -2.17. The van der Waals surface area contributed by atoms with Crippen LogP contribution in [0.4, 0.5) is 4.39 Å². The van der Waals surface area contributed by atoms with E-state index in [-0.39, 0.29) is 17.5 Å². The van der Waals surface area contributed by atoms with Crippen molar-refractivity contribution in [3.8, 4) is 22.8 Å². The van der Waals surface area contributed by atoms with Gasteiger partial charge in [-0.1, -0.05) is 54.2 Å². The van der Waals surface area contributed by atoms with E-state index in [4.69, 9.17) is 4.74 Å². The Morgan fingerprint density at radius 1 is 1.03 bits per heavy atom. The highest BCUT2D eigenvalue weighted by atomic mass is 32.2. The van der Waals surface area contributed by atoms with Gasteiger partial charge >= 0.3 is 0 Å². The van der Waals surface area contributed by atoms with Gasteiger partial charge in [0.25, 0.3) is 0 Å². The molecule has 0 saturated heterocycles. The van der Waals surface area contributed by atoms with E-state index in [9.17, 15) is 9.18 Å². The minimum atomic E-state index is -0.296. The van der Waals surface area contributed by atoms with Crippen LogP contribution in [0.5, 0.6) is 5.75 Å². The Morgan fingerprint density at radius 2 is 1.79 bits per heavy atom. The first-order chi connectivity index (χ1) is 16.0. The molecule has 0 bridgehead atoms. The summed E-state index contributed by atoms with van der Waals surface area (Å²) in [7, 11) is 3.35. The molecule has 0 N–H and O–H groups in total. The maximum Gasteiger partial charge on any atom is 0.233 e. The highest BCUT2D eigenvalue weighted by Crippen LogP contribution is 2.29. The minimum Gasteiger partial charge on any atom is -0.497 e. The van der Waals surface area contributed by atoms with Crippen LogP contribution in [-0.2, 0) is 11.3 Å². The molecule has 4 rings (SSSR count). The molecule has 6 nitrogen and oxygen atoms in total. The van der Waals surface area contributed by atoms with Gasteiger partial charge in [0.1, 0.15) is 11.6 Å². The summed E-state index contributed by atoms with van der Waals surface area (Å²) in [6.45, 7) is 0.403. The number of nitrogens with zero attached hydrogens (tertiary/aromatic N) is 4. The Bertz CT molecular complexity index is 1230. The Morgan fingerprint density at radius 3 is 2.52 bits per heavy atom. The molecule has 0 aliphatic heterocycles. The SMILES string of the molecule is COc1cccc(-c2nnc(SCC(=O)N(C)Cc3ccc(F)cc3)n2-c2ccccc2)c1. The van der Waals surface area contributed by atoms with Gasteiger partial charge in [-0.05, 0) is 42.0 Å². The van der Waals surface area contributed by atoms with Gasteiger partial charge in [0, 0.05) is 24.8 Å². The Hall–Kier alpha value is -3.65. The van der Waals surface area contributed by atoms with Gasteiger partial charge in [-0.3, -0.25) is 9.36 Å². The summed E-state index contributed by atoms with van der Waals surface area (Å²) < 4.78 is 20.4. The molecule has 0 radical (unpaired) electrons. The lowest BCUT2D eigenvalue weighted by molar-refractivity contribution is -0.127. The summed E-state index contributed by atoms with van der Waals surface area (Å²) in [5.74, 6) is 1.22. The number of halogens is 1. The van der Waals surface area contributed by atoms with E-state index in [1.807, 2.05) is 59.2 Å². The number of rotatable bonds is 8. The molecule has 168 valence electrons. The topological polar surface area (TPSA) is 60.3 Å². The molecule has 8 heteroatoms. The Balaban J connectivity index is 1.55. The number of carbonyl (C=O) groups is 1. The van der Waals surface area contributed by atoms with Gasteiger partial charge in [-0.2, -0.15) is 0 Å². The summed E-state index contributed by atoms with van der Waals surface area (Å²) in [5, 5.41) is 9.40. The van der Waals surface area contributed by atoms with Gasteiger partial charge in [0.15, 0.2) is 11.0 Å². The normalized spacial score (nSPS) is 10.8. The largest absolute Gasteiger partial charge is 0.497 e. The third kappa shape index (κ3) is 5.40. The van der Waals surface area contributed by atoms with Crippen LogP contribution in [0.2, 0.25) is 0 Å². The predicted molar refractivity (Wildman–Crippen MR) is 127 cm³/mol. The summed E-state index contributed by atoms with van der Waals surface area (Å²) in [6, 6.07) is 23.5. The van der Waals surface area contributed by atoms with Crippen LogP contribution in [0, 0.1) is 5.82 Å². The van der Waals surface area contributed by atoms with Crippen molar-refractivity contribution in [2.45, 2.75) is 11.7 Å². The van der Waals surface area contributed by atoms with Gasteiger partial charge in [-0.25, -0.2) is 4.39 Å². The number of thioether (sulfide) groups is 1. The Labute approximate surface area is 196 Å². The maximum absolute atomic E-state index is 13.1. The van der Waals surface area contributed by atoms with Gasteiger partial charge in [0.05, 0.1) is 12.9 Å². The van der Waals surface area contributed by atoms with Crippen molar-refractivity contribution in [1.29, 1.82) is 0 Å². The average molecular weight is 463 g/mol. The van der Waals surface area contributed by atoms with Crippen molar-refractivity contribution in [3.05, 3.63) is 90.2 Å². The molecule has 1 aromatic heterocycles. The van der Waals surface area contributed by atoms with Crippen LogP contribution >= 0.6 is 11.8 Å². The number of hydrogen-bond acceptors (Lipinski definition) is 5. The van der Waals surface area contributed by atoms with Crippen molar-refractivity contribution < 1.29 is 13.9 Å². The lowest BCUT2D eigenvalue weighted by Crippen LogP contribution is -2.27. The molecule has 4 aromatic rings. The number of aromatic nitrogens is 3. The molecule has 1 amide bonds. The number of para-hydroxylation sites is 1. The van der Waals surface area contributed by atoms with Crippen LogP contribution < -0.4 is 4.74 Å². The van der Waals surface area contributed by atoms with Crippen molar-refractivity contribution in [1.82, 2.24) is 19.7 Å². The number of hydrogen-bond donors (Lipinski definition) is 0. The standard InChI is InChI=1S/C25H23FN4O2S/c1-29(16-18-11-13-20(26)14-12-18)23(31)17-33-25-28-27-24(19-7-6-10-22(15-19)32-2)30(25)21-8-4-3-5-9-21/h3-15H,16-17H2,1-2H3. The fraction of sp³-hybridized carbons (Fsp3) is 0.160. The summed E-state index contributed by atoms with van der Waals surface area (Å²) >= 11 is 1.32. The van der Waals surface area contributed by atoms with Crippen molar-refractivity contribution in [2.24, 2.45) is 0 Å². The minimum absolute atomic E-state index is 0.0603. The second-order valence-electron chi connectivity index (χ2n) is 7.37. The number of benzene rings is 3. The fourth-order valence-corrected chi connectivity index (χ4v) is 4.20. The molecular weight excluding hydrogens is 439 g/mol. The number of ether oxygens (including phenoxy) is 1. The smallest absolute Gasteiger partial charge is 0.233 e. The zero-order chi connectivity index (χ0) is 23.2. The molecule has 0 aliphatic rings. The van der Waals surface area contributed by atoms with E-state index >= 15 is 0 Å². The molecule has 33 heavy (non-hydrogen) atoms. The van der Waals surface area contributed by atoms with Crippen molar-refractivity contribution in [2.75, 3.05) is 19.9 Å². The average Bonchev–Trinajstić information content (AvgIpc) is 3.28. The number of methoxy groups -OCH3 is 1. The number of amides is 1. The van der Waals surface area contributed by atoms with Gasteiger partial charge in [-0.15, -0.1) is 10.2 Å². The maximum atomic E-state index is 13.1. The lowest BCUT2D eigenvalue weighted by atomic mass is 10.2.